The van der Waals surface area contributed by atoms with Crippen molar-refractivity contribution in [1.82, 2.24) is 10.2 Å². The molecule has 0 aliphatic rings. The fourth-order valence-corrected chi connectivity index (χ4v) is 1.77. The van der Waals surface area contributed by atoms with E-state index in [-0.39, 0.29) is 5.92 Å². The van der Waals surface area contributed by atoms with Crippen molar-refractivity contribution in [3.63, 3.8) is 0 Å². The number of aromatic nitrogens is 2. The van der Waals surface area contributed by atoms with Crippen molar-refractivity contribution in [1.29, 1.82) is 0 Å². The summed E-state index contributed by atoms with van der Waals surface area (Å²) in [6.07, 6.45) is -4.38. The molecule has 0 aliphatic heterocycles. The number of aromatic amines is 1. The quantitative estimate of drug-likeness (QED) is 0.915. The van der Waals surface area contributed by atoms with Gasteiger partial charge in [-0.25, -0.2) is 5.10 Å². The maximum atomic E-state index is 12.5. The summed E-state index contributed by atoms with van der Waals surface area (Å²) in [6, 6.07) is 6.11. The van der Waals surface area contributed by atoms with Crippen LogP contribution in [-0.4, -0.2) is 10.2 Å². The van der Waals surface area contributed by atoms with Crippen LogP contribution in [0, 0.1) is 0 Å². The van der Waals surface area contributed by atoms with Crippen LogP contribution in [0.5, 0.6) is 0 Å². The van der Waals surface area contributed by atoms with Crippen LogP contribution in [0.2, 0.25) is 0 Å². The van der Waals surface area contributed by atoms with Crippen molar-refractivity contribution in [2.75, 3.05) is 0 Å². The van der Waals surface area contributed by atoms with Gasteiger partial charge in [0.2, 0.25) is 0 Å². The van der Waals surface area contributed by atoms with Crippen molar-refractivity contribution < 1.29 is 13.2 Å². The van der Waals surface area contributed by atoms with Gasteiger partial charge in [0, 0.05) is 0 Å². The maximum absolute atomic E-state index is 12.5. The number of rotatable bonds is 2. The number of hydrogen-bond acceptors (Lipinski definition) is 2. The van der Waals surface area contributed by atoms with Crippen molar-refractivity contribution in [2.45, 2.75) is 25.9 Å². The van der Waals surface area contributed by atoms with Crippen LogP contribution >= 0.6 is 0 Å². The maximum Gasteiger partial charge on any atom is 0.416 e. The lowest BCUT2D eigenvalue weighted by Crippen LogP contribution is -2.13. The molecule has 0 spiro atoms. The summed E-state index contributed by atoms with van der Waals surface area (Å²) in [5, 5.41) is 6.27. The summed E-state index contributed by atoms with van der Waals surface area (Å²) in [4.78, 5) is 11.7. The van der Waals surface area contributed by atoms with Crippen LogP contribution in [0.4, 0.5) is 13.2 Å². The summed E-state index contributed by atoms with van der Waals surface area (Å²) in [6.45, 7) is 3.83. The first-order chi connectivity index (χ1) is 9.29. The second kappa shape index (κ2) is 5.11. The minimum absolute atomic E-state index is 0.111. The molecule has 1 aromatic carbocycles. The topological polar surface area (TPSA) is 45.8 Å². The summed E-state index contributed by atoms with van der Waals surface area (Å²) >= 11 is 0. The molecule has 2 rings (SSSR count). The van der Waals surface area contributed by atoms with Gasteiger partial charge in [-0.1, -0.05) is 26.0 Å². The number of nitrogens with one attached hydrogen (secondary N) is 1. The van der Waals surface area contributed by atoms with Gasteiger partial charge in [-0.3, -0.25) is 4.79 Å². The zero-order chi connectivity index (χ0) is 14.9. The third kappa shape index (κ3) is 2.89. The minimum Gasteiger partial charge on any atom is -0.267 e. The summed E-state index contributed by atoms with van der Waals surface area (Å²) < 4.78 is 37.5. The molecule has 3 nitrogen and oxygen atoms in total. The van der Waals surface area contributed by atoms with Gasteiger partial charge in [0.05, 0.1) is 16.8 Å². The van der Waals surface area contributed by atoms with E-state index in [0.29, 0.717) is 16.8 Å². The molecular formula is C14H13F3N2O. The molecule has 0 fully saturated rings. The van der Waals surface area contributed by atoms with E-state index in [9.17, 15) is 18.0 Å². The van der Waals surface area contributed by atoms with Gasteiger partial charge >= 0.3 is 6.18 Å². The average Bonchev–Trinajstić information content (AvgIpc) is 2.38. The standard InChI is InChI=1S/C14H13F3N2O/c1-8(2)12-7-11(13(20)19-18-12)9-3-5-10(6-4-9)14(15,16)17/h3-8H,1-2H3,(H,19,20). The van der Waals surface area contributed by atoms with E-state index in [1.165, 1.54) is 12.1 Å². The zero-order valence-corrected chi connectivity index (χ0v) is 11.0. The van der Waals surface area contributed by atoms with E-state index in [2.05, 4.69) is 10.2 Å². The van der Waals surface area contributed by atoms with Crippen molar-refractivity contribution >= 4 is 0 Å². The number of alkyl halides is 3. The van der Waals surface area contributed by atoms with Gasteiger partial charge in [-0.2, -0.15) is 18.3 Å². The second-order valence-electron chi connectivity index (χ2n) is 4.77. The van der Waals surface area contributed by atoms with Crippen LogP contribution < -0.4 is 5.56 Å². The first-order valence-corrected chi connectivity index (χ1v) is 6.06. The molecule has 1 N–H and O–H groups in total. The third-order valence-electron chi connectivity index (χ3n) is 2.94. The molecule has 6 heteroatoms. The fourth-order valence-electron chi connectivity index (χ4n) is 1.77. The highest BCUT2D eigenvalue weighted by Crippen LogP contribution is 2.30. The molecule has 0 amide bonds. The van der Waals surface area contributed by atoms with Crippen molar-refractivity contribution in [3.8, 4) is 11.1 Å². The Morgan fingerprint density at radius 2 is 1.75 bits per heavy atom. The third-order valence-corrected chi connectivity index (χ3v) is 2.94. The normalized spacial score (nSPS) is 11.9. The SMILES string of the molecule is CC(C)c1cc(-c2ccc(C(F)(F)F)cc2)c(=O)[nH]n1. The molecule has 0 aliphatic carbocycles. The van der Waals surface area contributed by atoms with Crippen molar-refractivity contribution in [3.05, 3.63) is 51.9 Å². The molecule has 0 radical (unpaired) electrons. The van der Waals surface area contributed by atoms with E-state index < -0.39 is 17.3 Å². The van der Waals surface area contributed by atoms with Crippen LogP contribution in [0.3, 0.4) is 0 Å². The number of hydrogen-bond donors (Lipinski definition) is 1. The van der Waals surface area contributed by atoms with Gasteiger partial charge in [0.1, 0.15) is 0 Å². The monoisotopic (exact) mass is 282 g/mol. The number of benzene rings is 1. The van der Waals surface area contributed by atoms with Crippen LogP contribution in [0.1, 0.15) is 31.0 Å². The highest BCUT2D eigenvalue weighted by atomic mass is 19.4. The van der Waals surface area contributed by atoms with Crippen LogP contribution in [-0.2, 0) is 6.18 Å². The van der Waals surface area contributed by atoms with Crippen molar-refractivity contribution in [2.24, 2.45) is 0 Å². The van der Waals surface area contributed by atoms with E-state index >= 15 is 0 Å². The Morgan fingerprint density at radius 3 is 2.25 bits per heavy atom. The molecule has 0 unspecified atom stereocenters. The van der Waals surface area contributed by atoms with Gasteiger partial charge in [0.25, 0.3) is 5.56 Å². The number of halogens is 3. The van der Waals surface area contributed by atoms with Gasteiger partial charge in [-0.15, -0.1) is 0 Å². The van der Waals surface area contributed by atoms with Crippen LogP contribution in [0.15, 0.2) is 35.1 Å². The zero-order valence-electron chi connectivity index (χ0n) is 11.0. The van der Waals surface area contributed by atoms with E-state index in [4.69, 9.17) is 0 Å². The fraction of sp³-hybridized carbons (Fsp3) is 0.286. The Morgan fingerprint density at radius 1 is 1.15 bits per heavy atom. The molecule has 0 atom stereocenters. The summed E-state index contributed by atoms with van der Waals surface area (Å²) in [5.41, 5.74) is 0.269. The number of nitrogens with zero attached hydrogens (tertiary/aromatic N) is 1. The Bertz CT molecular complexity index is 657. The minimum atomic E-state index is -4.38. The smallest absolute Gasteiger partial charge is 0.267 e. The summed E-state index contributed by atoms with van der Waals surface area (Å²) in [5.74, 6) is 0.111. The highest BCUT2D eigenvalue weighted by Gasteiger charge is 2.30. The molecule has 0 saturated carbocycles. The highest BCUT2D eigenvalue weighted by molar-refractivity contribution is 5.63. The lowest BCUT2D eigenvalue weighted by atomic mass is 10.0. The van der Waals surface area contributed by atoms with Gasteiger partial charge in [0.15, 0.2) is 0 Å². The first kappa shape index (κ1) is 14.3. The molecule has 1 aromatic heterocycles. The molecule has 1 heterocycles. The first-order valence-electron chi connectivity index (χ1n) is 6.06. The molecule has 106 valence electrons. The Kier molecular flexibility index (Phi) is 3.65. The van der Waals surface area contributed by atoms with Gasteiger partial charge < -0.3 is 0 Å². The molecule has 0 saturated heterocycles. The molecule has 2 aromatic rings. The Labute approximate surface area is 113 Å². The predicted octanol–water partition coefficient (Wildman–Crippen LogP) is 3.58. The predicted molar refractivity (Wildman–Crippen MR) is 69.4 cm³/mol. The second-order valence-corrected chi connectivity index (χ2v) is 4.77. The van der Waals surface area contributed by atoms with Gasteiger partial charge in [-0.05, 0) is 29.7 Å². The van der Waals surface area contributed by atoms with E-state index in [1.54, 1.807) is 6.07 Å². The lowest BCUT2D eigenvalue weighted by molar-refractivity contribution is -0.137. The lowest BCUT2D eigenvalue weighted by Gasteiger charge is -2.09. The Balaban J connectivity index is 2.46. The van der Waals surface area contributed by atoms with E-state index in [1.807, 2.05) is 13.8 Å². The summed E-state index contributed by atoms with van der Waals surface area (Å²) in [7, 11) is 0. The van der Waals surface area contributed by atoms with E-state index in [0.717, 1.165) is 12.1 Å². The number of H-pyrrole nitrogens is 1. The average molecular weight is 282 g/mol. The van der Waals surface area contributed by atoms with Crippen LogP contribution in [0.25, 0.3) is 11.1 Å². The molecular weight excluding hydrogens is 269 g/mol. The largest absolute Gasteiger partial charge is 0.416 e. The Hall–Kier alpha value is -2.11. The molecule has 0 bridgehead atoms. The molecule has 20 heavy (non-hydrogen) atoms.